The Labute approximate surface area is 111 Å². The lowest BCUT2D eigenvalue weighted by atomic mass is 10.1. The molecule has 0 saturated heterocycles. The molecule has 102 valence electrons. The Bertz CT molecular complexity index is 491. The summed E-state index contributed by atoms with van der Waals surface area (Å²) in [4.78, 5) is 0. The molecule has 19 heavy (non-hydrogen) atoms. The summed E-state index contributed by atoms with van der Waals surface area (Å²) in [5, 5.41) is 3.12. The normalized spacial score (nSPS) is 12.6. The molecule has 0 spiro atoms. The number of aryl methyl sites for hydroxylation is 1. The van der Waals surface area contributed by atoms with Crippen LogP contribution in [-0.2, 0) is 13.0 Å². The molecule has 0 aliphatic rings. The van der Waals surface area contributed by atoms with Gasteiger partial charge in [0.15, 0.2) is 0 Å². The average molecular weight is 265 g/mol. The fourth-order valence-corrected chi connectivity index (χ4v) is 1.89. The second-order valence-corrected chi connectivity index (χ2v) is 4.60. The van der Waals surface area contributed by atoms with Gasteiger partial charge in [-0.15, -0.1) is 0 Å². The number of hydrogen-bond donors (Lipinski definition) is 1. The predicted octanol–water partition coefficient (Wildman–Crippen LogP) is 3.67. The van der Waals surface area contributed by atoms with Crippen LogP contribution in [0.1, 0.15) is 24.7 Å². The van der Waals surface area contributed by atoms with E-state index in [0.717, 1.165) is 18.6 Å². The Morgan fingerprint density at radius 1 is 1.16 bits per heavy atom. The number of halogens is 2. The zero-order valence-electron chi connectivity index (χ0n) is 10.8. The van der Waals surface area contributed by atoms with Crippen molar-refractivity contribution in [3.05, 3.63) is 59.6 Å². The molecule has 2 rings (SSSR count). The molecule has 0 radical (unpaired) electrons. The van der Waals surface area contributed by atoms with Gasteiger partial charge in [-0.3, -0.25) is 0 Å². The molecule has 1 unspecified atom stereocenters. The molecule has 1 aromatic carbocycles. The number of nitrogens with one attached hydrogen (secondary N) is 1. The molecule has 2 aromatic rings. The first-order chi connectivity index (χ1) is 9.16. The molecule has 2 nitrogen and oxygen atoms in total. The van der Waals surface area contributed by atoms with Gasteiger partial charge in [-0.05, 0) is 37.6 Å². The van der Waals surface area contributed by atoms with E-state index in [0.29, 0.717) is 0 Å². The average Bonchev–Trinajstić information content (AvgIpc) is 2.89. The Hall–Kier alpha value is -1.68. The second kappa shape index (κ2) is 6.48. The Kier molecular flexibility index (Phi) is 4.68. The van der Waals surface area contributed by atoms with Crippen LogP contribution in [-0.4, -0.2) is 6.04 Å². The number of benzene rings is 1. The molecule has 0 aliphatic heterocycles. The van der Waals surface area contributed by atoms with Crippen molar-refractivity contribution in [1.29, 1.82) is 0 Å². The van der Waals surface area contributed by atoms with Crippen molar-refractivity contribution in [2.45, 2.75) is 32.4 Å². The van der Waals surface area contributed by atoms with Crippen LogP contribution in [0.5, 0.6) is 0 Å². The van der Waals surface area contributed by atoms with E-state index in [2.05, 4.69) is 5.32 Å². The first-order valence-corrected chi connectivity index (χ1v) is 6.35. The first kappa shape index (κ1) is 13.7. The largest absolute Gasteiger partial charge is 0.469 e. The molecule has 0 amide bonds. The summed E-state index contributed by atoms with van der Waals surface area (Å²) in [5.74, 6) is -0.0952. The SMILES string of the molecule is CC(CCc1ccco1)NCc1c(F)cccc1F. The van der Waals surface area contributed by atoms with E-state index < -0.39 is 11.6 Å². The summed E-state index contributed by atoms with van der Waals surface area (Å²) >= 11 is 0. The topological polar surface area (TPSA) is 25.2 Å². The lowest BCUT2D eigenvalue weighted by Crippen LogP contribution is -2.26. The van der Waals surface area contributed by atoms with Gasteiger partial charge < -0.3 is 9.73 Å². The molecular weight excluding hydrogens is 248 g/mol. The highest BCUT2D eigenvalue weighted by Crippen LogP contribution is 2.12. The van der Waals surface area contributed by atoms with Crippen molar-refractivity contribution in [3.8, 4) is 0 Å². The van der Waals surface area contributed by atoms with Crippen LogP contribution in [0.25, 0.3) is 0 Å². The first-order valence-electron chi connectivity index (χ1n) is 6.35. The second-order valence-electron chi connectivity index (χ2n) is 4.60. The summed E-state index contributed by atoms with van der Waals surface area (Å²) in [6.07, 6.45) is 3.30. The molecule has 1 aromatic heterocycles. The number of hydrogen-bond acceptors (Lipinski definition) is 2. The van der Waals surface area contributed by atoms with E-state index >= 15 is 0 Å². The summed E-state index contributed by atoms with van der Waals surface area (Å²) in [6.45, 7) is 2.18. The standard InChI is InChI=1S/C15H17F2NO/c1-11(7-8-12-4-3-9-19-12)18-10-13-14(16)5-2-6-15(13)17/h2-6,9,11,18H,7-8,10H2,1H3. The monoisotopic (exact) mass is 265 g/mol. The van der Waals surface area contributed by atoms with Gasteiger partial charge in [0.2, 0.25) is 0 Å². The van der Waals surface area contributed by atoms with Gasteiger partial charge in [-0.1, -0.05) is 6.07 Å². The molecule has 0 bridgehead atoms. The van der Waals surface area contributed by atoms with Crippen molar-refractivity contribution >= 4 is 0 Å². The predicted molar refractivity (Wildman–Crippen MR) is 69.7 cm³/mol. The zero-order chi connectivity index (χ0) is 13.7. The lowest BCUT2D eigenvalue weighted by Gasteiger charge is -2.13. The van der Waals surface area contributed by atoms with Crippen molar-refractivity contribution in [2.75, 3.05) is 0 Å². The van der Waals surface area contributed by atoms with Gasteiger partial charge in [-0.2, -0.15) is 0 Å². The summed E-state index contributed by atoms with van der Waals surface area (Å²) in [7, 11) is 0. The lowest BCUT2D eigenvalue weighted by molar-refractivity contribution is 0.450. The highest BCUT2D eigenvalue weighted by atomic mass is 19.1. The van der Waals surface area contributed by atoms with Crippen LogP contribution in [0.4, 0.5) is 8.78 Å². The molecule has 0 fully saturated rings. The van der Waals surface area contributed by atoms with E-state index in [-0.39, 0.29) is 18.2 Å². The fourth-order valence-electron chi connectivity index (χ4n) is 1.89. The molecular formula is C15H17F2NO. The van der Waals surface area contributed by atoms with Gasteiger partial charge in [0.05, 0.1) is 6.26 Å². The summed E-state index contributed by atoms with van der Waals surface area (Å²) in [6, 6.07) is 7.84. The minimum Gasteiger partial charge on any atom is -0.469 e. The van der Waals surface area contributed by atoms with Crippen molar-refractivity contribution in [2.24, 2.45) is 0 Å². The van der Waals surface area contributed by atoms with Crippen molar-refractivity contribution in [1.82, 2.24) is 5.32 Å². The van der Waals surface area contributed by atoms with E-state index in [4.69, 9.17) is 4.42 Å². The van der Waals surface area contributed by atoms with Crippen LogP contribution < -0.4 is 5.32 Å². The minimum atomic E-state index is -0.509. The maximum atomic E-state index is 13.4. The van der Waals surface area contributed by atoms with E-state index in [1.165, 1.54) is 18.2 Å². The Morgan fingerprint density at radius 3 is 2.53 bits per heavy atom. The highest BCUT2D eigenvalue weighted by Gasteiger charge is 2.10. The van der Waals surface area contributed by atoms with Crippen molar-refractivity contribution < 1.29 is 13.2 Å². The van der Waals surface area contributed by atoms with Gasteiger partial charge in [0.25, 0.3) is 0 Å². The molecule has 1 heterocycles. The van der Waals surface area contributed by atoms with Gasteiger partial charge in [0.1, 0.15) is 17.4 Å². The smallest absolute Gasteiger partial charge is 0.130 e. The maximum Gasteiger partial charge on any atom is 0.130 e. The minimum absolute atomic E-state index is 0.0901. The Balaban J connectivity index is 1.81. The van der Waals surface area contributed by atoms with Crippen LogP contribution in [0.3, 0.4) is 0 Å². The highest BCUT2D eigenvalue weighted by molar-refractivity contribution is 5.19. The van der Waals surface area contributed by atoms with Crippen LogP contribution in [0.15, 0.2) is 41.0 Å². The van der Waals surface area contributed by atoms with Crippen molar-refractivity contribution in [3.63, 3.8) is 0 Å². The maximum absolute atomic E-state index is 13.4. The van der Waals surface area contributed by atoms with Gasteiger partial charge in [0, 0.05) is 24.6 Å². The molecule has 1 N–H and O–H groups in total. The van der Waals surface area contributed by atoms with E-state index in [9.17, 15) is 8.78 Å². The summed E-state index contributed by atoms with van der Waals surface area (Å²) in [5.41, 5.74) is 0.0901. The third kappa shape index (κ3) is 3.89. The van der Waals surface area contributed by atoms with Crippen LogP contribution >= 0.6 is 0 Å². The summed E-state index contributed by atoms with van der Waals surface area (Å²) < 4.78 is 32.1. The van der Waals surface area contributed by atoms with Crippen LogP contribution in [0, 0.1) is 11.6 Å². The molecule has 1 atom stereocenters. The number of furan rings is 1. The van der Waals surface area contributed by atoms with Gasteiger partial charge >= 0.3 is 0 Å². The quantitative estimate of drug-likeness (QED) is 0.862. The fraction of sp³-hybridized carbons (Fsp3) is 0.333. The molecule has 0 aliphatic carbocycles. The van der Waals surface area contributed by atoms with E-state index in [1.54, 1.807) is 6.26 Å². The third-order valence-corrected chi connectivity index (χ3v) is 3.09. The molecule has 0 saturated carbocycles. The van der Waals surface area contributed by atoms with E-state index in [1.807, 2.05) is 19.1 Å². The molecule has 4 heteroatoms. The zero-order valence-corrected chi connectivity index (χ0v) is 10.8. The van der Waals surface area contributed by atoms with Crippen LogP contribution in [0.2, 0.25) is 0 Å². The third-order valence-electron chi connectivity index (χ3n) is 3.09. The van der Waals surface area contributed by atoms with Gasteiger partial charge in [-0.25, -0.2) is 8.78 Å². The Morgan fingerprint density at radius 2 is 1.89 bits per heavy atom. The number of rotatable bonds is 6.